The summed E-state index contributed by atoms with van der Waals surface area (Å²) < 4.78 is 0.807. The molecule has 2 rings (SSSR count). The van der Waals surface area contributed by atoms with Crippen LogP contribution in [0.4, 0.5) is 11.4 Å². The minimum atomic E-state index is -0.200. The number of nitrogens with zero attached hydrogens (tertiary/aromatic N) is 1. The molecule has 0 spiro atoms. The van der Waals surface area contributed by atoms with E-state index < -0.39 is 0 Å². The van der Waals surface area contributed by atoms with E-state index in [9.17, 15) is 9.59 Å². The van der Waals surface area contributed by atoms with Gasteiger partial charge in [0.15, 0.2) is 0 Å². The van der Waals surface area contributed by atoms with Crippen molar-refractivity contribution in [2.45, 2.75) is 0 Å². The molecule has 0 radical (unpaired) electrons. The summed E-state index contributed by atoms with van der Waals surface area (Å²) in [6, 6.07) is 14.2. The molecular formula is C17H17BrClN3O2. The summed E-state index contributed by atoms with van der Waals surface area (Å²) in [7, 11) is 1.71. The van der Waals surface area contributed by atoms with Crippen molar-refractivity contribution in [1.29, 1.82) is 0 Å². The summed E-state index contributed by atoms with van der Waals surface area (Å²) in [6.45, 7) is 0.210. The molecule has 126 valence electrons. The topological polar surface area (TPSA) is 61.4 Å². The van der Waals surface area contributed by atoms with Crippen molar-refractivity contribution in [1.82, 2.24) is 4.90 Å². The van der Waals surface area contributed by atoms with E-state index in [2.05, 4.69) is 26.6 Å². The number of para-hydroxylation sites is 1. The number of anilines is 2. The molecule has 5 nitrogen and oxygen atoms in total. The second kappa shape index (κ2) is 8.82. The standard InChI is InChI=1S/C17H17BrClN3O2/c1-22(10-16(23)20-13-8-6-12(19)7-9-13)11-17(24)21-15-5-3-2-4-14(15)18/h2-9H,10-11H2,1H3,(H,20,23)(H,21,24). The molecule has 0 bridgehead atoms. The molecule has 0 fully saturated rings. The zero-order valence-corrected chi connectivity index (χ0v) is 15.4. The van der Waals surface area contributed by atoms with Crippen LogP contribution in [0.25, 0.3) is 0 Å². The average Bonchev–Trinajstić information content (AvgIpc) is 2.51. The smallest absolute Gasteiger partial charge is 0.238 e. The highest BCUT2D eigenvalue weighted by Gasteiger charge is 2.12. The maximum atomic E-state index is 12.0. The number of hydrogen-bond acceptors (Lipinski definition) is 3. The highest BCUT2D eigenvalue weighted by atomic mass is 79.9. The van der Waals surface area contributed by atoms with Gasteiger partial charge in [-0.3, -0.25) is 14.5 Å². The maximum Gasteiger partial charge on any atom is 0.238 e. The quantitative estimate of drug-likeness (QED) is 0.765. The van der Waals surface area contributed by atoms with Crippen LogP contribution < -0.4 is 10.6 Å². The molecule has 2 aromatic rings. The van der Waals surface area contributed by atoms with E-state index in [1.807, 2.05) is 18.2 Å². The molecule has 0 atom stereocenters. The number of halogens is 2. The van der Waals surface area contributed by atoms with E-state index in [4.69, 9.17) is 11.6 Å². The highest BCUT2D eigenvalue weighted by molar-refractivity contribution is 9.10. The number of hydrogen-bond donors (Lipinski definition) is 2. The highest BCUT2D eigenvalue weighted by Crippen LogP contribution is 2.21. The molecule has 2 N–H and O–H groups in total. The minimum absolute atomic E-state index is 0.103. The molecule has 0 unspecified atom stereocenters. The fourth-order valence-electron chi connectivity index (χ4n) is 2.03. The van der Waals surface area contributed by atoms with Gasteiger partial charge in [-0.2, -0.15) is 0 Å². The Labute approximate surface area is 154 Å². The Morgan fingerprint density at radius 2 is 1.58 bits per heavy atom. The summed E-state index contributed by atoms with van der Waals surface area (Å²) in [4.78, 5) is 25.6. The summed E-state index contributed by atoms with van der Waals surface area (Å²) in [5.74, 6) is -0.391. The molecule has 2 amide bonds. The monoisotopic (exact) mass is 409 g/mol. The van der Waals surface area contributed by atoms with Crippen molar-refractivity contribution in [3.8, 4) is 0 Å². The molecule has 2 aromatic carbocycles. The second-order valence-corrected chi connectivity index (χ2v) is 6.55. The first-order valence-corrected chi connectivity index (χ1v) is 8.39. The van der Waals surface area contributed by atoms with Crippen molar-refractivity contribution in [3.63, 3.8) is 0 Å². The van der Waals surface area contributed by atoms with E-state index in [0.717, 1.165) is 4.47 Å². The van der Waals surface area contributed by atoms with Gasteiger partial charge in [0, 0.05) is 15.2 Å². The molecule has 0 aliphatic carbocycles. The molecule has 0 saturated heterocycles. The third-order valence-corrected chi connectivity index (χ3v) is 4.05. The SMILES string of the molecule is CN(CC(=O)Nc1ccc(Cl)cc1)CC(=O)Nc1ccccc1Br. The van der Waals surface area contributed by atoms with E-state index in [0.29, 0.717) is 16.4 Å². The Morgan fingerprint density at radius 3 is 2.21 bits per heavy atom. The van der Waals surface area contributed by atoms with Crippen LogP contribution in [-0.2, 0) is 9.59 Å². The lowest BCUT2D eigenvalue weighted by Gasteiger charge is -2.16. The molecule has 0 aliphatic heterocycles. The average molecular weight is 411 g/mol. The Balaban J connectivity index is 1.80. The number of carbonyl (C=O) groups is 2. The van der Waals surface area contributed by atoms with Gasteiger partial charge in [-0.15, -0.1) is 0 Å². The molecule has 0 aromatic heterocycles. The van der Waals surface area contributed by atoms with Crippen molar-refractivity contribution in [2.75, 3.05) is 30.8 Å². The van der Waals surface area contributed by atoms with Gasteiger partial charge in [0.05, 0.1) is 18.8 Å². The van der Waals surface area contributed by atoms with Crippen LogP contribution in [0.1, 0.15) is 0 Å². The first kappa shape index (κ1) is 18.4. The van der Waals surface area contributed by atoms with Gasteiger partial charge < -0.3 is 10.6 Å². The lowest BCUT2D eigenvalue weighted by molar-refractivity contribution is -0.119. The maximum absolute atomic E-state index is 12.0. The number of nitrogens with one attached hydrogen (secondary N) is 2. The van der Waals surface area contributed by atoms with Gasteiger partial charge >= 0.3 is 0 Å². The number of rotatable bonds is 6. The normalized spacial score (nSPS) is 10.5. The minimum Gasteiger partial charge on any atom is -0.325 e. The van der Waals surface area contributed by atoms with Gasteiger partial charge in [0.1, 0.15) is 0 Å². The zero-order chi connectivity index (χ0) is 17.5. The van der Waals surface area contributed by atoms with Gasteiger partial charge in [-0.1, -0.05) is 23.7 Å². The zero-order valence-electron chi connectivity index (χ0n) is 13.1. The predicted octanol–water partition coefficient (Wildman–Crippen LogP) is 3.61. The van der Waals surface area contributed by atoms with Crippen molar-refractivity contribution in [2.24, 2.45) is 0 Å². The summed E-state index contributed by atoms with van der Waals surface area (Å²) in [5.41, 5.74) is 1.36. The first-order valence-electron chi connectivity index (χ1n) is 7.22. The van der Waals surface area contributed by atoms with E-state index in [-0.39, 0.29) is 24.9 Å². The summed E-state index contributed by atoms with van der Waals surface area (Å²) >= 11 is 9.17. The molecular weight excluding hydrogens is 394 g/mol. The third-order valence-electron chi connectivity index (χ3n) is 3.10. The van der Waals surface area contributed by atoms with Crippen LogP contribution in [0.5, 0.6) is 0 Å². The number of amides is 2. The van der Waals surface area contributed by atoms with Crippen LogP contribution in [0.2, 0.25) is 5.02 Å². The van der Waals surface area contributed by atoms with Gasteiger partial charge in [-0.25, -0.2) is 0 Å². The number of likely N-dealkylation sites (N-methyl/N-ethyl adjacent to an activating group) is 1. The van der Waals surface area contributed by atoms with Gasteiger partial charge in [-0.05, 0) is 59.4 Å². The van der Waals surface area contributed by atoms with Crippen molar-refractivity contribution in [3.05, 3.63) is 58.0 Å². The van der Waals surface area contributed by atoms with Crippen molar-refractivity contribution < 1.29 is 9.59 Å². The largest absolute Gasteiger partial charge is 0.325 e. The Morgan fingerprint density at radius 1 is 1.00 bits per heavy atom. The Bertz CT molecular complexity index is 722. The Kier molecular flexibility index (Phi) is 6.78. The lowest BCUT2D eigenvalue weighted by Crippen LogP contribution is -2.36. The molecule has 0 saturated carbocycles. The van der Waals surface area contributed by atoms with E-state index in [1.165, 1.54) is 0 Å². The van der Waals surface area contributed by atoms with Gasteiger partial charge in [0.2, 0.25) is 11.8 Å². The second-order valence-electron chi connectivity index (χ2n) is 5.26. The fraction of sp³-hybridized carbons (Fsp3) is 0.176. The number of benzene rings is 2. The Hall–Kier alpha value is -1.89. The number of carbonyl (C=O) groups excluding carboxylic acids is 2. The summed E-state index contributed by atoms with van der Waals surface area (Å²) in [5, 5.41) is 6.16. The lowest BCUT2D eigenvalue weighted by atomic mass is 10.3. The summed E-state index contributed by atoms with van der Waals surface area (Å²) in [6.07, 6.45) is 0. The van der Waals surface area contributed by atoms with Gasteiger partial charge in [0.25, 0.3) is 0 Å². The predicted molar refractivity (Wildman–Crippen MR) is 100 cm³/mol. The first-order chi connectivity index (χ1) is 11.4. The fourth-order valence-corrected chi connectivity index (χ4v) is 2.54. The van der Waals surface area contributed by atoms with E-state index >= 15 is 0 Å². The van der Waals surface area contributed by atoms with E-state index in [1.54, 1.807) is 42.3 Å². The van der Waals surface area contributed by atoms with Crippen molar-refractivity contribution >= 4 is 50.7 Å². The van der Waals surface area contributed by atoms with Crippen LogP contribution in [-0.4, -0.2) is 36.9 Å². The molecule has 0 aliphatic rings. The van der Waals surface area contributed by atoms with Crippen LogP contribution >= 0.6 is 27.5 Å². The van der Waals surface area contributed by atoms with Crippen LogP contribution in [0.3, 0.4) is 0 Å². The molecule has 7 heteroatoms. The van der Waals surface area contributed by atoms with Crippen LogP contribution in [0, 0.1) is 0 Å². The molecule has 0 heterocycles. The van der Waals surface area contributed by atoms with Crippen LogP contribution in [0.15, 0.2) is 53.0 Å². The molecule has 24 heavy (non-hydrogen) atoms. The third kappa shape index (κ3) is 5.96.